The van der Waals surface area contributed by atoms with Crippen LogP contribution in [0.3, 0.4) is 0 Å². The Labute approximate surface area is 123 Å². The fourth-order valence-electron chi connectivity index (χ4n) is 1.92. The number of amides is 2. The second-order valence-corrected chi connectivity index (χ2v) is 4.67. The Morgan fingerprint density at radius 3 is 2.90 bits per heavy atom. The molecule has 0 fully saturated rings. The standard InChI is InChI=1S/C15H19N3O3/c1-10-6-7-13(21-10)11(2)18-15(19)17-9-12-5-4-8-16-14(12)20-3/h4-8,11H,9H2,1-3H3,(H2,17,18,19)/t11-/m0/s1. The molecule has 1 atom stereocenters. The first kappa shape index (κ1) is 14.9. The summed E-state index contributed by atoms with van der Waals surface area (Å²) in [7, 11) is 1.55. The lowest BCUT2D eigenvalue weighted by molar-refractivity contribution is 0.235. The highest BCUT2D eigenvalue weighted by atomic mass is 16.5. The van der Waals surface area contributed by atoms with E-state index in [2.05, 4.69) is 15.6 Å². The van der Waals surface area contributed by atoms with Gasteiger partial charge in [-0.3, -0.25) is 0 Å². The molecule has 0 aliphatic rings. The number of furan rings is 1. The lowest BCUT2D eigenvalue weighted by atomic mass is 10.2. The van der Waals surface area contributed by atoms with E-state index in [0.717, 1.165) is 17.1 Å². The van der Waals surface area contributed by atoms with Crippen molar-refractivity contribution in [3.63, 3.8) is 0 Å². The quantitative estimate of drug-likeness (QED) is 0.887. The highest BCUT2D eigenvalue weighted by molar-refractivity contribution is 5.74. The third-order valence-electron chi connectivity index (χ3n) is 3.02. The predicted octanol–water partition coefficient (Wildman–Crippen LogP) is 2.55. The van der Waals surface area contributed by atoms with E-state index in [-0.39, 0.29) is 12.1 Å². The molecular formula is C15H19N3O3. The summed E-state index contributed by atoms with van der Waals surface area (Å²) < 4.78 is 10.6. The Hall–Kier alpha value is -2.50. The van der Waals surface area contributed by atoms with E-state index in [1.54, 1.807) is 19.4 Å². The molecule has 0 bridgehead atoms. The molecule has 0 aliphatic heterocycles. The van der Waals surface area contributed by atoms with Crippen LogP contribution in [0.1, 0.15) is 30.0 Å². The number of nitrogens with one attached hydrogen (secondary N) is 2. The molecule has 0 saturated heterocycles. The van der Waals surface area contributed by atoms with E-state index < -0.39 is 0 Å². The van der Waals surface area contributed by atoms with Gasteiger partial charge in [0.15, 0.2) is 0 Å². The molecule has 6 nitrogen and oxygen atoms in total. The van der Waals surface area contributed by atoms with E-state index in [1.807, 2.05) is 32.0 Å². The molecule has 0 aromatic carbocycles. The fourth-order valence-corrected chi connectivity index (χ4v) is 1.92. The Kier molecular flexibility index (Phi) is 4.81. The molecule has 2 amide bonds. The van der Waals surface area contributed by atoms with E-state index in [4.69, 9.17) is 9.15 Å². The van der Waals surface area contributed by atoms with Gasteiger partial charge in [0.05, 0.1) is 13.2 Å². The van der Waals surface area contributed by atoms with Crippen LogP contribution in [0.25, 0.3) is 0 Å². The average molecular weight is 289 g/mol. The van der Waals surface area contributed by atoms with Gasteiger partial charge in [-0.1, -0.05) is 6.07 Å². The van der Waals surface area contributed by atoms with Crippen LogP contribution in [0.15, 0.2) is 34.9 Å². The molecule has 2 aromatic heterocycles. The molecule has 112 valence electrons. The molecule has 0 spiro atoms. The zero-order chi connectivity index (χ0) is 15.2. The highest BCUT2D eigenvalue weighted by Crippen LogP contribution is 2.16. The molecule has 0 unspecified atom stereocenters. The summed E-state index contributed by atoms with van der Waals surface area (Å²) >= 11 is 0. The van der Waals surface area contributed by atoms with Gasteiger partial charge in [0, 0.05) is 18.3 Å². The van der Waals surface area contributed by atoms with E-state index in [9.17, 15) is 4.79 Å². The van der Waals surface area contributed by atoms with Gasteiger partial charge in [-0.15, -0.1) is 0 Å². The van der Waals surface area contributed by atoms with Crippen molar-refractivity contribution < 1.29 is 13.9 Å². The second kappa shape index (κ2) is 6.78. The van der Waals surface area contributed by atoms with Crippen LogP contribution in [0.5, 0.6) is 5.88 Å². The van der Waals surface area contributed by atoms with Crippen molar-refractivity contribution in [3.8, 4) is 5.88 Å². The van der Waals surface area contributed by atoms with Gasteiger partial charge >= 0.3 is 6.03 Å². The van der Waals surface area contributed by atoms with Crippen LogP contribution in [-0.2, 0) is 6.54 Å². The largest absolute Gasteiger partial charge is 0.481 e. The highest BCUT2D eigenvalue weighted by Gasteiger charge is 2.13. The van der Waals surface area contributed by atoms with E-state index in [1.165, 1.54) is 0 Å². The number of pyridine rings is 1. The number of hydrogen-bond acceptors (Lipinski definition) is 4. The van der Waals surface area contributed by atoms with Crippen LogP contribution in [0.4, 0.5) is 4.79 Å². The Morgan fingerprint density at radius 2 is 2.24 bits per heavy atom. The van der Waals surface area contributed by atoms with E-state index in [0.29, 0.717) is 12.4 Å². The smallest absolute Gasteiger partial charge is 0.315 e. The van der Waals surface area contributed by atoms with Crippen molar-refractivity contribution in [1.29, 1.82) is 0 Å². The monoisotopic (exact) mass is 289 g/mol. The molecule has 21 heavy (non-hydrogen) atoms. The maximum absolute atomic E-state index is 11.9. The van der Waals surface area contributed by atoms with Gasteiger partial charge < -0.3 is 19.8 Å². The van der Waals surface area contributed by atoms with Crippen LogP contribution in [0, 0.1) is 6.92 Å². The number of nitrogens with zero attached hydrogens (tertiary/aromatic N) is 1. The van der Waals surface area contributed by atoms with Gasteiger partial charge in [-0.05, 0) is 32.0 Å². The maximum Gasteiger partial charge on any atom is 0.315 e. The first-order chi connectivity index (χ1) is 10.1. The minimum absolute atomic E-state index is 0.200. The SMILES string of the molecule is COc1ncccc1CNC(=O)N[C@@H](C)c1ccc(C)o1. The van der Waals surface area contributed by atoms with Crippen LogP contribution >= 0.6 is 0 Å². The first-order valence-corrected chi connectivity index (χ1v) is 6.68. The van der Waals surface area contributed by atoms with Gasteiger partial charge in [-0.25, -0.2) is 9.78 Å². The van der Waals surface area contributed by atoms with Crippen molar-refractivity contribution in [2.24, 2.45) is 0 Å². The number of aromatic nitrogens is 1. The van der Waals surface area contributed by atoms with Gasteiger partial charge in [0.1, 0.15) is 11.5 Å². The molecule has 0 saturated carbocycles. The predicted molar refractivity (Wildman–Crippen MR) is 78.0 cm³/mol. The summed E-state index contributed by atoms with van der Waals surface area (Å²) in [6.45, 7) is 4.07. The molecule has 2 aromatic rings. The number of rotatable bonds is 5. The molecule has 6 heteroatoms. The van der Waals surface area contributed by atoms with Crippen molar-refractivity contribution in [2.45, 2.75) is 26.4 Å². The summed E-state index contributed by atoms with van der Waals surface area (Å²) in [5.74, 6) is 2.05. The topological polar surface area (TPSA) is 76.4 Å². The third kappa shape index (κ3) is 3.98. The van der Waals surface area contributed by atoms with Gasteiger partial charge in [0.25, 0.3) is 0 Å². The Morgan fingerprint density at radius 1 is 1.43 bits per heavy atom. The van der Waals surface area contributed by atoms with Crippen molar-refractivity contribution in [2.75, 3.05) is 7.11 Å². The van der Waals surface area contributed by atoms with E-state index >= 15 is 0 Å². The maximum atomic E-state index is 11.9. The summed E-state index contributed by atoms with van der Waals surface area (Å²) in [4.78, 5) is 16.0. The van der Waals surface area contributed by atoms with Crippen LogP contribution in [0.2, 0.25) is 0 Å². The minimum atomic E-state index is -0.276. The number of carbonyl (C=O) groups is 1. The average Bonchev–Trinajstić information content (AvgIpc) is 2.92. The Balaban J connectivity index is 1.87. The molecular weight excluding hydrogens is 270 g/mol. The molecule has 0 radical (unpaired) electrons. The number of methoxy groups -OCH3 is 1. The number of aryl methyl sites for hydroxylation is 1. The molecule has 2 rings (SSSR count). The zero-order valence-corrected chi connectivity index (χ0v) is 12.3. The normalized spacial score (nSPS) is 11.8. The van der Waals surface area contributed by atoms with Crippen molar-refractivity contribution in [1.82, 2.24) is 15.6 Å². The van der Waals surface area contributed by atoms with Crippen LogP contribution < -0.4 is 15.4 Å². The fraction of sp³-hybridized carbons (Fsp3) is 0.333. The molecule has 2 heterocycles. The minimum Gasteiger partial charge on any atom is -0.481 e. The third-order valence-corrected chi connectivity index (χ3v) is 3.02. The van der Waals surface area contributed by atoms with Crippen molar-refractivity contribution in [3.05, 3.63) is 47.5 Å². The molecule has 0 aliphatic carbocycles. The van der Waals surface area contributed by atoms with Gasteiger partial charge in [0.2, 0.25) is 5.88 Å². The number of ether oxygens (including phenoxy) is 1. The number of carbonyl (C=O) groups excluding carboxylic acids is 1. The summed E-state index contributed by atoms with van der Waals surface area (Å²) in [6, 6.07) is 6.89. The number of urea groups is 1. The Bertz CT molecular complexity index is 610. The summed E-state index contributed by atoms with van der Waals surface area (Å²) in [5, 5.41) is 5.58. The van der Waals surface area contributed by atoms with Crippen LogP contribution in [-0.4, -0.2) is 18.1 Å². The number of hydrogen-bond donors (Lipinski definition) is 2. The first-order valence-electron chi connectivity index (χ1n) is 6.68. The second-order valence-electron chi connectivity index (χ2n) is 4.67. The summed E-state index contributed by atoms with van der Waals surface area (Å²) in [6.07, 6.45) is 1.64. The summed E-state index contributed by atoms with van der Waals surface area (Å²) in [5.41, 5.74) is 0.816. The van der Waals surface area contributed by atoms with Gasteiger partial charge in [-0.2, -0.15) is 0 Å². The zero-order valence-electron chi connectivity index (χ0n) is 12.3. The molecule has 2 N–H and O–H groups in total. The lowest BCUT2D eigenvalue weighted by Gasteiger charge is -2.13. The lowest BCUT2D eigenvalue weighted by Crippen LogP contribution is -2.36. The van der Waals surface area contributed by atoms with Crippen molar-refractivity contribution >= 4 is 6.03 Å².